The second-order valence-corrected chi connectivity index (χ2v) is 2.93. The lowest BCUT2D eigenvalue weighted by Gasteiger charge is -2.06. The molecule has 0 heterocycles. The highest BCUT2D eigenvalue weighted by Gasteiger charge is 2.34. The Morgan fingerprint density at radius 2 is 1.58 bits per heavy atom. The van der Waals surface area contributed by atoms with E-state index in [-0.39, 0.29) is 5.69 Å². The predicted octanol–water partition coefficient (Wildman–Crippen LogP) is 4.36. The van der Waals surface area contributed by atoms with Crippen molar-refractivity contribution in [3.63, 3.8) is 0 Å². The van der Waals surface area contributed by atoms with E-state index >= 15 is 0 Å². The molecule has 11 heteroatoms. The van der Waals surface area contributed by atoms with Gasteiger partial charge in [-0.05, 0) is 6.07 Å². The summed E-state index contributed by atoms with van der Waals surface area (Å²) in [4.78, 5) is 2.68. The fourth-order valence-corrected chi connectivity index (χ4v) is 0.934. The van der Waals surface area contributed by atoms with Crippen molar-refractivity contribution in [3.05, 3.63) is 34.3 Å². The van der Waals surface area contributed by atoms with E-state index in [1.165, 1.54) is 6.07 Å². The quantitative estimate of drug-likeness (QED) is 0.404. The summed E-state index contributed by atoms with van der Waals surface area (Å²) in [5.74, 6) is 0. The zero-order chi connectivity index (χ0) is 15.3. The number of halogens is 7. The number of benzene rings is 1. The topological polar surface area (TPSA) is 51.9 Å². The molecular weight excluding hydrogens is 282 g/mol. The maximum atomic E-state index is 12.2. The molecule has 0 unspecified atom stereocenters. The molecule has 0 bridgehead atoms. The molecule has 0 radical (unpaired) electrons. The van der Waals surface area contributed by atoms with Gasteiger partial charge in [0.25, 0.3) is 0 Å². The molecule has 0 fully saturated rings. The Labute approximate surface area is 102 Å². The summed E-state index contributed by atoms with van der Waals surface area (Å²) in [6.45, 7) is 0. The normalized spacial score (nSPS) is 10.8. The number of nitriles is 1. The Balaban J connectivity index is 0.000000555. The summed E-state index contributed by atoms with van der Waals surface area (Å²) in [6, 6.07) is 3.93. The van der Waals surface area contributed by atoms with Gasteiger partial charge in [-0.3, -0.25) is 0 Å². The van der Waals surface area contributed by atoms with E-state index in [1.807, 2.05) is 0 Å². The average molecular weight is 285 g/mol. The molecule has 0 saturated carbocycles. The minimum atomic E-state index is -6.00. The van der Waals surface area contributed by atoms with Gasteiger partial charge in [-0.15, -0.1) is 0 Å². The van der Waals surface area contributed by atoms with Crippen LogP contribution in [0.1, 0.15) is 11.1 Å². The lowest BCUT2D eigenvalue weighted by atomic mass is 10.1. The van der Waals surface area contributed by atoms with E-state index in [1.54, 1.807) is 0 Å². The van der Waals surface area contributed by atoms with Crippen LogP contribution in [0.4, 0.5) is 36.1 Å². The van der Waals surface area contributed by atoms with Gasteiger partial charge in [0.1, 0.15) is 6.07 Å². The smallest absolute Gasteiger partial charge is 0.418 e. The number of rotatable bonds is 0. The first-order valence-electron chi connectivity index (χ1n) is 4.33. The molecule has 0 amide bonds. The molecule has 0 aliphatic heterocycles. The molecule has 1 aromatic carbocycles. The largest absolute Gasteiger partial charge is 0.673 e. The second-order valence-electron chi connectivity index (χ2n) is 2.93. The van der Waals surface area contributed by atoms with Crippen molar-refractivity contribution >= 4 is 12.9 Å². The average Bonchev–Trinajstić information content (AvgIpc) is 2.24. The number of alkyl halides is 3. The van der Waals surface area contributed by atoms with Gasteiger partial charge < -0.3 is 17.3 Å². The summed E-state index contributed by atoms with van der Waals surface area (Å²) in [7, 11) is -6.00. The highest BCUT2D eigenvalue weighted by Crippen LogP contribution is 2.33. The molecule has 1 aromatic rings. The monoisotopic (exact) mass is 285 g/mol. The molecule has 1 rings (SSSR count). The molecule has 0 atom stereocenters. The van der Waals surface area contributed by atoms with E-state index in [4.69, 9.17) is 10.7 Å². The van der Waals surface area contributed by atoms with Crippen molar-refractivity contribution in [3.8, 4) is 6.07 Å². The lowest BCUT2D eigenvalue weighted by molar-refractivity contribution is -0.137. The van der Waals surface area contributed by atoms with Crippen LogP contribution in [-0.4, -0.2) is 7.25 Å². The lowest BCUT2D eigenvalue weighted by Crippen LogP contribution is -2.07. The highest BCUT2D eigenvalue weighted by molar-refractivity contribution is 6.50. The van der Waals surface area contributed by atoms with Gasteiger partial charge in [0.15, 0.2) is 4.98 Å². The van der Waals surface area contributed by atoms with Crippen molar-refractivity contribution in [1.29, 1.82) is 10.7 Å². The second kappa shape index (κ2) is 6.04. The van der Waals surface area contributed by atoms with Gasteiger partial charge in [0.05, 0.1) is 17.2 Å². The van der Waals surface area contributed by atoms with E-state index in [0.29, 0.717) is 6.07 Å². The van der Waals surface area contributed by atoms with Crippen LogP contribution in [0.25, 0.3) is 4.98 Å². The third-order valence-corrected chi connectivity index (χ3v) is 1.54. The van der Waals surface area contributed by atoms with Crippen LogP contribution >= 0.6 is 0 Å². The van der Waals surface area contributed by atoms with Gasteiger partial charge in [0.2, 0.25) is 5.39 Å². The summed E-state index contributed by atoms with van der Waals surface area (Å²) < 4.78 is 75.7. The number of hydrogen-bond acceptors (Lipinski definition) is 2. The number of nitrogens with zero attached hydrogens (tertiary/aromatic N) is 3. The highest BCUT2D eigenvalue weighted by atomic mass is 19.5. The van der Waals surface area contributed by atoms with E-state index < -0.39 is 24.6 Å². The van der Waals surface area contributed by atoms with E-state index in [9.17, 15) is 30.4 Å². The first kappa shape index (κ1) is 16.7. The van der Waals surface area contributed by atoms with Crippen molar-refractivity contribution < 1.29 is 30.4 Å². The summed E-state index contributed by atoms with van der Waals surface area (Å²) in [6.07, 6.45) is -4.57. The Kier molecular flexibility index (Phi) is 5.31. The van der Waals surface area contributed by atoms with Crippen LogP contribution in [0.15, 0.2) is 18.2 Å². The van der Waals surface area contributed by atoms with Crippen LogP contribution in [0.3, 0.4) is 0 Å². The molecule has 0 aromatic heterocycles. The Bertz CT molecular complexity index is 517. The van der Waals surface area contributed by atoms with Gasteiger partial charge in [-0.1, -0.05) is 0 Å². The SMILES string of the molecule is F[B-](F)(F)F.N#Cc1cc([N+]#N)ccc1C(F)(F)F. The molecule has 0 spiro atoms. The van der Waals surface area contributed by atoms with Crippen LogP contribution in [0, 0.1) is 16.7 Å². The van der Waals surface area contributed by atoms with Crippen molar-refractivity contribution in [2.24, 2.45) is 0 Å². The minimum absolute atomic E-state index is 0.0884. The summed E-state index contributed by atoms with van der Waals surface area (Å²) in [5, 5.41) is 16.7. The Hall–Kier alpha value is -2.30. The van der Waals surface area contributed by atoms with Crippen molar-refractivity contribution in [2.45, 2.75) is 6.18 Å². The molecule has 0 N–H and O–H groups in total. The molecule has 3 nitrogen and oxygen atoms in total. The van der Waals surface area contributed by atoms with Crippen LogP contribution < -0.4 is 0 Å². The summed E-state index contributed by atoms with van der Waals surface area (Å²) >= 11 is 0. The minimum Gasteiger partial charge on any atom is -0.418 e. The molecule has 102 valence electrons. The molecular formula is C8H3BF7N3. The van der Waals surface area contributed by atoms with Crippen LogP contribution in [0.5, 0.6) is 0 Å². The summed E-state index contributed by atoms with van der Waals surface area (Å²) in [5.41, 5.74) is -1.69. The first-order chi connectivity index (χ1) is 8.49. The molecule has 0 aliphatic rings. The zero-order valence-electron chi connectivity index (χ0n) is 8.80. The predicted molar refractivity (Wildman–Crippen MR) is 51.1 cm³/mol. The van der Waals surface area contributed by atoms with Crippen LogP contribution in [0.2, 0.25) is 0 Å². The maximum Gasteiger partial charge on any atom is 0.673 e. The van der Waals surface area contributed by atoms with Crippen molar-refractivity contribution in [1.82, 2.24) is 0 Å². The third-order valence-electron chi connectivity index (χ3n) is 1.54. The fourth-order valence-electron chi connectivity index (χ4n) is 0.934. The van der Waals surface area contributed by atoms with Crippen molar-refractivity contribution in [2.75, 3.05) is 0 Å². The molecule has 0 saturated heterocycles. The zero-order valence-corrected chi connectivity index (χ0v) is 8.80. The Morgan fingerprint density at radius 3 is 1.89 bits per heavy atom. The number of hydrogen-bond donors (Lipinski definition) is 0. The maximum absolute atomic E-state index is 12.2. The van der Waals surface area contributed by atoms with Gasteiger partial charge in [0, 0.05) is 6.07 Å². The molecule has 0 aliphatic carbocycles. The standard InChI is InChI=1S/C8H3F3N3.BF4/c9-8(10,11)7-2-1-6(14-13)3-5(7)4-12;2-1(3,4)5/h1-3H;/q+1;-1. The van der Waals surface area contributed by atoms with E-state index in [0.717, 1.165) is 12.1 Å². The molecule has 19 heavy (non-hydrogen) atoms. The van der Waals surface area contributed by atoms with Gasteiger partial charge >= 0.3 is 19.1 Å². The number of diazo groups is 1. The third kappa shape index (κ3) is 6.88. The van der Waals surface area contributed by atoms with E-state index in [2.05, 4.69) is 4.98 Å². The van der Waals surface area contributed by atoms with Gasteiger partial charge in [-0.2, -0.15) is 18.4 Å². The van der Waals surface area contributed by atoms with Crippen LogP contribution in [-0.2, 0) is 6.18 Å². The fraction of sp³-hybridized carbons (Fsp3) is 0.125. The Morgan fingerprint density at radius 1 is 1.11 bits per heavy atom. The first-order valence-corrected chi connectivity index (χ1v) is 4.33. The van der Waals surface area contributed by atoms with Gasteiger partial charge in [-0.25, -0.2) is 0 Å².